The molecule has 0 aromatic heterocycles. The summed E-state index contributed by atoms with van der Waals surface area (Å²) in [6.45, 7) is 10.6. The molecule has 1 spiro atoms. The number of rotatable bonds is 7. The van der Waals surface area contributed by atoms with Crippen LogP contribution in [0.4, 0.5) is 10.1 Å². The van der Waals surface area contributed by atoms with Crippen LogP contribution in [0.1, 0.15) is 44.2 Å². The summed E-state index contributed by atoms with van der Waals surface area (Å²) in [5, 5.41) is 19.3. The van der Waals surface area contributed by atoms with Crippen molar-refractivity contribution in [3.63, 3.8) is 0 Å². The van der Waals surface area contributed by atoms with Gasteiger partial charge in [0.25, 0.3) is 0 Å². The number of aliphatic hydroxyl groups is 1. The molecule has 11 heteroatoms. The molecule has 4 N–H and O–H groups in total. The van der Waals surface area contributed by atoms with Crippen molar-refractivity contribution in [2.75, 3.05) is 51.3 Å². The van der Waals surface area contributed by atoms with E-state index in [1.54, 1.807) is 18.2 Å². The molecule has 3 aliphatic rings. The van der Waals surface area contributed by atoms with Crippen molar-refractivity contribution in [3.05, 3.63) is 63.4 Å². The maximum absolute atomic E-state index is 15.0. The van der Waals surface area contributed by atoms with Crippen molar-refractivity contribution in [2.24, 2.45) is 5.41 Å². The number of anilines is 1. The van der Waals surface area contributed by atoms with Crippen molar-refractivity contribution in [1.82, 2.24) is 20.4 Å². The highest BCUT2D eigenvalue weighted by molar-refractivity contribution is 6.31. The molecular weight excluding hydrogens is 568 g/mol. The van der Waals surface area contributed by atoms with Gasteiger partial charge in [0.15, 0.2) is 0 Å². The molecule has 2 amide bonds. The molecule has 3 heterocycles. The molecule has 0 aliphatic carbocycles. The standard InChI is InChI=1S/C30H38Cl2FN5O3/c1-29(2,3)16-24-30(20-14-22(33)21(32)15-23(20)35-28(30)41)25(18-5-4-6-19(31)13-18)26(36-24)27(40)34-7-8-37-9-11-38(17-39)12-10-37/h4-6,13-15,24-26,36,39H,7-12,16-17H2,1-3H3,(H,34,40)(H,35,41)/t24-,25+,26-,30+/m1/s1. The molecular formula is C30H38Cl2FN5O3. The zero-order valence-corrected chi connectivity index (χ0v) is 25.2. The van der Waals surface area contributed by atoms with Crippen LogP contribution in [0.5, 0.6) is 0 Å². The molecule has 2 saturated heterocycles. The minimum atomic E-state index is -1.28. The van der Waals surface area contributed by atoms with Gasteiger partial charge in [-0.05, 0) is 47.2 Å². The number of piperazine rings is 1. The highest BCUT2D eigenvalue weighted by atomic mass is 35.5. The van der Waals surface area contributed by atoms with Gasteiger partial charge in [-0.3, -0.25) is 19.4 Å². The molecule has 222 valence electrons. The van der Waals surface area contributed by atoms with E-state index < -0.39 is 29.2 Å². The van der Waals surface area contributed by atoms with E-state index in [4.69, 9.17) is 23.2 Å². The van der Waals surface area contributed by atoms with Gasteiger partial charge in [-0.1, -0.05) is 56.1 Å². The van der Waals surface area contributed by atoms with E-state index in [2.05, 4.69) is 41.6 Å². The summed E-state index contributed by atoms with van der Waals surface area (Å²) in [5.74, 6) is -1.80. The fourth-order valence-electron chi connectivity index (χ4n) is 6.74. The van der Waals surface area contributed by atoms with Gasteiger partial charge in [0.1, 0.15) is 11.2 Å². The van der Waals surface area contributed by atoms with Gasteiger partial charge in [-0.25, -0.2) is 4.39 Å². The largest absolute Gasteiger partial charge is 0.381 e. The highest BCUT2D eigenvalue weighted by Gasteiger charge is 2.65. The second kappa shape index (κ2) is 11.8. The summed E-state index contributed by atoms with van der Waals surface area (Å²) in [4.78, 5) is 32.3. The van der Waals surface area contributed by atoms with Crippen LogP contribution in [-0.4, -0.2) is 84.8 Å². The van der Waals surface area contributed by atoms with Crippen molar-refractivity contribution in [2.45, 2.75) is 50.6 Å². The van der Waals surface area contributed by atoms with Crippen LogP contribution >= 0.6 is 23.2 Å². The van der Waals surface area contributed by atoms with E-state index in [1.165, 1.54) is 12.1 Å². The van der Waals surface area contributed by atoms with Gasteiger partial charge in [0.05, 0.1) is 17.8 Å². The van der Waals surface area contributed by atoms with E-state index in [0.717, 1.165) is 31.7 Å². The van der Waals surface area contributed by atoms with Crippen molar-refractivity contribution in [3.8, 4) is 0 Å². The first-order valence-electron chi connectivity index (χ1n) is 14.1. The molecule has 0 radical (unpaired) electrons. The predicted octanol–water partition coefficient (Wildman–Crippen LogP) is 3.57. The lowest BCUT2D eigenvalue weighted by Crippen LogP contribution is -2.50. The Hall–Kier alpha value is -2.27. The number of amides is 2. The second-order valence-corrected chi connectivity index (χ2v) is 13.4. The topological polar surface area (TPSA) is 96.9 Å². The van der Waals surface area contributed by atoms with Crippen LogP contribution in [0.25, 0.3) is 0 Å². The molecule has 3 aliphatic heterocycles. The Balaban J connectivity index is 1.52. The van der Waals surface area contributed by atoms with Gasteiger partial charge in [-0.15, -0.1) is 0 Å². The fraction of sp³-hybridized carbons (Fsp3) is 0.533. The number of hydrogen-bond donors (Lipinski definition) is 4. The van der Waals surface area contributed by atoms with Crippen molar-refractivity contribution >= 4 is 40.7 Å². The van der Waals surface area contributed by atoms with Crippen molar-refractivity contribution in [1.29, 1.82) is 0 Å². The summed E-state index contributed by atoms with van der Waals surface area (Å²) >= 11 is 12.6. The average molecular weight is 607 g/mol. The molecule has 2 aromatic carbocycles. The summed E-state index contributed by atoms with van der Waals surface area (Å²) in [5.41, 5.74) is 0.187. The maximum Gasteiger partial charge on any atom is 0.237 e. The van der Waals surface area contributed by atoms with Crippen LogP contribution in [0.3, 0.4) is 0 Å². The van der Waals surface area contributed by atoms with Gasteiger partial charge >= 0.3 is 0 Å². The third-order valence-corrected chi connectivity index (χ3v) is 9.11. The molecule has 5 rings (SSSR count). The first-order chi connectivity index (χ1) is 19.4. The number of nitrogens with zero attached hydrogens (tertiary/aromatic N) is 2. The Morgan fingerprint density at radius 3 is 2.51 bits per heavy atom. The first kappa shape index (κ1) is 30.2. The van der Waals surface area contributed by atoms with Gasteiger partial charge in [0, 0.05) is 61.9 Å². The molecule has 0 unspecified atom stereocenters. The number of aliphatic hydroxyl groups excluding tert-OH is 1. The van der Waals surface area contributed by atoms with Crippen LogP contribution in [0.2, 0.25) is 10.0 Å². The van der Waals surface area contributed by atoms with Crippen LogP contribution < -0.4 is 16.0 Å². The number of hydrogen-bond acceptors (Lipinski definition) is 6. The average Bonchev–Trinajstić information content (AvgIpc) is 3.38. The minimum Gasteiger partial charge on any atom is -0.381 e. The molecule has 2 aromatic rings. The lowest BCUT2D eigenvalue weighted by molar-refractivity contribution is -0.123. The lowest BCUT2D eigenvalue weighted by atomic mass is 9.62. The number of nitrogens with one attached hydrogen (secondary N) is 3. The Bertz CT molecular complexity index is 1310. The van der Waals surface area contributed by atoms with Crippen molar-refractivity contribution < 1.29 is 19.1 Å². The van der Waals surface area contributed by atoms with E-state index in [-0.39, 0.29) is 29.0 Å². The number of halogens is 3. The number of benzene rings is 2. The fourth-order valence-corrected chi connectivity index (χ4v) is 7.10. The summed E-state index contributed by atoms with van der Waals surface area (Å²) in [7, 11) is 0. The number of carbonyl (C=O) groups excluding carboxylic acids is 2. The lowest BCUT2D eigenvalue weighted by Gasteiger charge is -2.37. The van der Waals surface area contributed by atoms with E-state index in [9.17, 15) is 14.7 Å². The zero-order chi connectivity index (χ0) is 29.5. The molecule has 4 atom stereocenters. The minimum absolute atomic E-state index is 0.0487. The Kier molecular flexibility index (Phi) is 8.68. The second-order valence-electron chi connectivity index (χ2n) is 12.5. The highest BCUT2D eigenvalue weighted by Crippen LogP contribution is 2.57. The SMILES string of the molecule is CC(C)(C)C[C@H]1N[C@@H](C(=O)NCCN2CCN(CO)CC2)[C@H](c2cccc(Cl)c2)[C@@]12C(=O)Nc1cc(Cl)c(F)cc12. The number of fused-ring (bicyclic) bond motifs is 2. The molecule has 8 nitrogen and oxygen atoms in total. The summed E-state index contributed by atoms with van der Waals surface area (Å²) in [6, 6.07) is 8.76. The summed E-state index contributed by atoms with van der Waals surface area (Å²) in [6.07, 6.45) is 0.556. The normalized spacial score (nSPS) is 26.8. The predicted molar refractivity (Wildman–Crippen MR) is 159 cm³/mol. The van der Waals surface area contributed by atoms with E-state index in [0.29, 0.717) is 35.8 Å². The molecule has 2 fully saturated rings. The number of carbonyl (C=O) groups is 2. The smallest absolute Gasteiger partial charge is 0.237 e. The molecule has 0 saturated carbocycles. The Labute approximate surface area is 250 Å². The summed E-state index contributed by atoms with van der Waals surface area (Å²) < 4.78 is 15.0. The monoisotopic (exact) mass is 605 g/mol. The molecule has 41 heavy (non-hydrogen) atoms. The van der Waals surface area contributed by atoms with E-state index in [1.807, 2.05) is 11.0 Å². The zero-order valence-electron chi connectivity index (χ0n) is 23.6. The Morgan fingerprint density at radius 1 is 1.15 bits per heavy atom. The van der Waals surface area contributed by atoms with Crippen LogP contribution in [-0.2, 0) is 15.0 Å². The molecule has 0 bridgehead atoms. The van der Waals surface area contributed by atoms with Crippen LogP contribution in [0, 0.1) is 11.2 Å². The third-order valence-electron chi connectivity index (χ3n) is 8.58. The van der Waals surface area contributed by atoms with Crippen LogP contribution in [0.15, 0.2) is 36.4 Å². The van der Waals surface area contributed by atoms with E-state index >= 15 is 4.39 Å². The first-order valence-corrected chi connectivity index (χ1v) is 14.9. The van der Waals surface area contributed by atoms with Gasteiger partial charge < -0.3 is 21.1 Å². The maximum atomic E-state index is 15.0. The van der Waals surface area contributed by atoms with Gasteiger partial charge in [-0.2, -0.15) is 0 Å². The van der Waals surface area contributed by atoms with Gasteiger partial charge in [0.2, 0.25) is 11.8 Å². The quantitative estimate of drug-likeness (QED) is 0.385. The third kappa shape index (κ3) is 5.85. The Morgan fingerprint density at radius 2 is 1.85 bits per heavy atom.